The molecule has 0 saturated carbocycles. The highest BCUT2D eigenvalue weighted by atomic mass is 16.4. The molecule has 0 saturated heterocycles. The van der Waals surface area contributed by atoms with E-state index in [1.807, 2.05) is 18.2 Å². The van der Waals surface area contributed by atoms with Gasteiger partial charge in [-0.25, -0.2) is 4.79 Å². The molecule has 0 aliphatic heterocycles. The van der Waals surface area contributed by atoms with E-state index in [2.05, 4.69) is 6.58 Å². The zero-order chi connectivity index (χ0) is 12.5. The second-order valence-corrected chi connectivity index (χ2v) is 4.20. The summed E-state index contributed by atoms with van der Waals surface area (Å²) in [6.45, 7) is 3.69. The average Bonchev–Trinajstić information content (AvgIpc) is 2.34. The van der Waals surface area contributed by atoms with Crippen molar-refractivity contribution in [3.63, 3.8) is 0 Å². The summed E-state index contributed by atoms with van der Waals surface area (Å²) in [6.07, 6.45) is 8.47. The molecule has 0 radical (unpaired) electrons. The predicted molar refractivity (Wildman–Crippen MR) is 70.4 cm³/mol. The molecule has 0 atom stereocenters. The second-order valence-electron chi connectivity index (χ2n) is 4.20. The van der Waals surface area contributed by atoms with E-state index in [0.717, 1.165) is 31.2 Å². The van der Waals surface area contributed by atoms with Crippen LogP contribution in [0.5, 0.6) is 0 Å². The van der Waals surface area contributed by atoms with Crippen molar-refractivity contribution in [2.45, 2.75) is 38.5 Å². The van der Waals surface area contributed by atoms with E-state index in [1.54, 1.807) is 12.1 Å². The summed E-state index contributed by atoms with van der Waals surface area (Å²) in [4.78, 5) is 11.0. The number of unbranched alkanes of at least 4 members (excludes halogenated alkanes) is 4. The lowest BCUT2D eigenvalue weighted by molar-refractivity contribution is 0.0695. The van der Waals surface area contributed by atoms with Crippen molar-refractivity contribution in [3.05, 3.63) is 48.0 Å². The maximum atomic E-state index is 11.0. The maximum Gasteiger partial charge on any atom is 0.335 e. The van der Waals surface area contributed by atoms with E-state index >= 15 is 0 Å². The Bertz CT molecular complexity index is 369. The molecule has 0 bridgehead atoms. The van der Waals surface area contributed by atoms with Crippen LogP contribution in [0.4, 0.5) is 0 Å². The fourth-order valence-corrected chi connectivity index (χ4v) is 1.90. The Balaban J connectivity index is 2.36. The van der Waals surface area contributed by atoms with Crippen LogP contribution in [0.2, 0.25) is 0 Å². The fraction of sp³-hybridized carbons (Fsp3) is 0.400. The molecule has 2 nitrogen and oxygen atoms in total. The lowest BCUT2D eigenvalue weighted by Crippen LogP contribution is -2.02. The highest BCUT2D eigenvalue weighted by molar-refractivity contribution is 5.89. The molecule has 0 aliphatic carbocycles. The molecule has 1 aromatic carbocycles. The number of allylic oxidation sites excluding steroid dienone is 1. The summed E-state index contributed by atoms with van der Waals surface area (Å²) >= 11 is 0. The number of carboxylic acid groups (broad SMARTS) is 1. The van der Waals surface area contributed by atoms with E-state index < -0.39 is 5.97 Å². The second kappa shape index (κ2) is 7.66. The number of carboxylic acids is 1. The standard InChI is InChI=1S/C15H20O2/c1-2-3-4-5-6-7-10-13-11-8-9-12-14(13)15(16)17/h2,8-9,11-12H,1,3-7,10H2,(H,16,17). The molecule has 92 valence electrons. The highest BCUT2D eigenvalue weighted by Gasteiger charge is 2.07. The number of aromatic carboxylic acids is 1. The largest absolute Gasteiger partial charge is 0.478 e. The van der Waals surface area contributed by atoms with Crippen LogP contribution in [0.25, 0.3) is 0 Å². The van der Waals surface area contributed by atoms with Gasteiger partial charge in [-0.05, 0) is 37.3 Å². The third-order valence-corrected chi connectivity index (χ3v) is 2.85. The summed E-state index contributed by atoms with van der Waals surface area (Å²) in [5.41, 5.74) is 1.39. The zero-order valence-corrected chi connectivity index (χ0v) is 10.2. The Kier molecular flexibility index (Phi) is 6.08. The smallest absolute Gasteiger partial charge is 0.335 e. The van der Waals surface area contributed by atoms with Crippen LogP contribution in [0.3, 0.4) is 0 Å². The monoisotopic (exact) mass is 232 g/mol. The first-order valence-electron chi connectivity index (χ1n) is 6.18. The summed E-state index contributed by atoms with van der Waals surface area (Å²) in [6, 6.07) is 7.26. The van der Waals surface area contributed by atoms with Crippen LogP contribution < -0.4 is 0 Å². The van der Waals surface area contributed by atoms with Gasteiger partial charge in [-0.1, -0.05) is 37.1 Å². The van der Waals surface area contributed by atoms with Crippen molar-refractivity contribution in [1.82, 2.24) is 0 Å². The van der Waals surface area contributed by atoms with Crippen LogP contribution >= 0.6 is 0 Å². The third-order valence-electron chi connectivity index (χ3n) is 2.85. The molecule has 2 heteroatoms. The van der Waals surface area contributed by atoms with Crippen molar-refractivity contribution in [2.24, 2.45) is 0 Å². The van der Waals surface area contributed by atoms with Crippen LogP contribution in [0.15, 0.2) is 36.9 Å². The van der Waals surface area contributed by atoms with E-state index in [0.29, 0.717) is 5.56 Å². The zero-order valence-electron chi connectivity index (χ0n) is 10.2. The Labute approximate surface area is 103 Å². The van der Waals surface area contributed by atoms with Gasteiger partial charge in [0.05, 0.1) is 5.56 Å². The van der Waals surface area contributed by atoms with Gasteiger partial charge in [-0.15, -0.1) is 6.58 Å². The summed E-state index contributed by atoms with van der Waals surface area (Å²) in [5, 5.41) is 9.03. The SMILES string of the molecule is C=CCCCCCCc1ccccc1C(=O)O. The number of carbonyl (C=O) groups is 1. The lowest BCUT2D eigenvalue weighted by atomic mass is 10.0. The first-order valence-corrected chi connectivity index (χ1v) is 6.18. The average molecular weight is 232 g/mol. The summed E-state index contributed by atoms with van der Waals surface area (Å²) in [5.74, 6) is -0.827. The van der Waals surface area contributed by atoms with E-state index in [-0.39, 0.29) is 0 Å². The Hall–Kier alpha value is -1.57. The topological polar surface area (TPSA) is 37.3 Å². The quantitative estimate of drug-likeness (QED) is 0.542. The molecule has 0 fully saturated rings. The van der Waals surface area contributed by atoms with Crippen LogP contribution in [0.1, 0.15) is 48.0 Å². The number of benzene rings is 1. The highest BCUT2D eigenvalue weighted by Crippen LogP contribution is 2.13. The van der Waals surface area contributed by atoms with Crippen molar-refractivity contribution in [2.75, 3.05) is 0 Å². The van der Waals surface area contributed by atoms with Gasteiger partial charge in [0.15, 0.2) is 0 Å². The van der Waals surface area contributed by atoms with Crippen LogP contribution in [-0.2, 0) is 6.42 Å². The number of hydrogen-bond acceptors (Lipinski definition) is 1. The first kappa shape index (κ1) is 13.5. The molecule has 1 rings (SSSR count). The minimum Gasteiger partial charge on any atom is -0.478 e. The van der Waals surface area contributed by atoms with Crippen LogP contribution in [0, 0.1) is 0 Å². The van der Waals surface area contributed by atoms with Crippen molar-refractivity contribution < 1.29 is 9.90 Å². The molecule has 0 heterocycles. The lowest BCUT2D eigenvalue weighted by Gasteiger charge is -2.05. The fourth-order valence-electron chi connectivity index (χ4n) is 1.90. The van der Waals surface area contributed by atoms with Gasteiger partial charge in [-0.3, -0.25) is 0 Å². The summed E-state index contributed by atoms with van der Waals surface area (Å²) in [7, 11) is 0. The predicted octanol–water partition coefficient (Wildman–Crippen LogP) is 4.06. The van der Waals surface area contributed by atoms with Gasteiger partial charge in [0.2, 0.25) is 0 Å². The minimum atomic E-state index is -0.827. The third kappa shape index (κ3) is 4.85. The molecule has 1 N–H and O–H groups in total. The van der Waals surface area contributed by atoms with Gasteiger partial charge in [-0.2, -0.15) is 0 Å². The molecule has 0 aromatic heterocycles. The Morgan fingerprint density at radius 1 is 1.18 bits per heavy atom. The van der Waals surface area contributed by atoms with Crippen molar-refractivity contribution >= 4 is 5.97 Å². The van der Waals surface area contributed by atoms with E-state index in [1.165, 1.54) is 12.8 Å². The van der Waals surface area contributed by atoms with Gasteiger partial charge in [0.25, 0.3) is 0 Å². The molecule has 17 heavy (non-hydrogen) atoms. The van der Waals surface area contributed by atoms with E-state index in [9.17, 15) is 4.79 Å². The molecule has 0 unspecified atom stereocenters. The van der Waals surface area contributed by atoms with Gasteiger partial charge >= 0.3 is 5.97 Å². The van der Waals surface area contributed by atoms with Crippen molar-refractivity contribution in [1.29, 1.82) is 0 Å². The number of rotatable bonds is 8. The van der Waals surface area contributed by atoms with Crippen molar-refractivity contribution in [3.8, 4) is 0 Å². The molecule has 0 amide bonds. The minimum absolute atomic E-state index is 0.443. The molecule has 0 aliphatic rings. The molecule has 0 spiro atoms. The van der Waals surface area contributed by atoms with Gasteiger partial charge < -0.3 is 5.11 Å². The Morgan fingerprint density at radius 2 is 1.88 bits per heavy atom. The molecule has 1 aromatic rings. The molecular formula is C15H20O2. The normalized spacial score (nSPS) is 10.1. The Morgan fingerprint density at radius 3 is 2.59 bits per heavy atom. The maximum absolute atomic E-state index is 11.0. The van der Waals surface area contributed by atoms with Crippen LogP contribution in [-0.4, -0.2) is 11.1 Å². The summed E-state index contributed by atoms with van der Waals surface area (Å²) < 4.78 is 0. The molecular weight excluding hydrogens is 212 g/mol. The van der Waals surface area contributed by atoms with Gasteiger partial charge in [0.1, 0.15) is 0 Å². The first-order chi connectivity index (χ1) is 8.25. The number of hydrogen-bond donors (Lipinski definition) is 1. The van der Waals surface area contributed by atoms with Gasteiger partial charge in [0, 0.05) is 0 Å². The van der Waals surface area contributed by atoms with E-state index in [4.69, 9.17) is 5.11 Å². The number of aryl methyl sites for hydroxylation is 1.